The molecule has 1 aliphatic carbocycles. The Morgan fingerprint density at radius 3 is 2.48 bits per heavy atom. The standard InChI is InChI=1S/C18H26N2O/c1-18(14-5-3-2-4-6-14)12-11-17(21)20(13-18)16-9-7-15(19)8-10-16/h2-6,15-16H,7-13,19H2,1H3. The molecule has 2 fully saturated rings. The molecule has 3 heteroatoms. The Morgan fingerprint density at radius 2 is 1.81 bits per heavy atom. The third-order valence-electron chi connectivity index (χ3n) is 5.38. The number of nitrogens with two attached hydrogens (primary N) is 1. The minimum Gasteiger partial charge on any atom is -0.339 e. The molecule has 0 radical (unpaired) electrons. The zero-order chi connectivity index (χ0) is 14.9. The van der Waals surface area contributed by atoms with E-state index in [0.29, 0.717) is 24.4 Å². The summed E-state index contributed by atoms with van der Waals surface area (Å²) in [5.41, 5.74) is 7.45. The van der Waals surface area contributed by atoms with E-state index in [1.807, 2.05) is 0 Å². The molecule has 21 heavy (non-hydrogen) atoms. The first-order valence-corrected chi connectivity index (χ1v) is 8.19. The van der Waals surface area contributed by atoms with Gasteiger partial charge in [-0.25, -0.2) is 0 Å². The van der Waals surface area contributed by atoms with Crippen molar-refractivity contribution in [1.82, 2.24) is 4.90 Å². The summed E-state index contributed by atoms with van der Waals surface area (Å²) < 4.78 is 0. The maximum absolute atomic E-state index is 12.4. The molecule has 1 atom stereocenters. The van der Waals surface area contributed by atoms with Crippen LogP contribution in [0.15, 0.2) is 30.3 Å². The van der Waals surface area contributed by atoms with Gasteiger partial charge in [0, 0.05) is 30.5 Å². The van der Waals surface area contributed by atoms with Gasteiger partial charge in [0.05, 0.1) is 0 Å². The molecule has 1 aromatic rings. The van der Waals surface area contributed by atoms with Crippen LogP contribution in [0.25, 0.3) is 0 Å². The molecule has 2 aliphatic rings. The SMILES string of the molecule is CC1(c2ccccc2)CCC(=O)N(C2CCC(N)CC2)C1. The van der Waals surface area contributed by atoms with Crippen molar-refractivity contribution in [3.05, 3.63) is 35.9 Å². The van der Waals surface area contributed by atoms with Crippen molar-refractivity contribution in [3.63, 3.8) is 0 Å². The summed E-state index contributed by atoms with van der Waals surface area (Å²) in [6.07, 6.45) is 5.87. The lowest BCUT2D eigenvalue weighted by Gasteiger charge is -2.45. The minimum absolute atomic E-state index is 0.0920. The second-order valence-corrected chi connectivity index (χ2v) is 7.02. The molecule has 1 amide bonds. The number of carbonyl (C=O) groups excluding carboxylic acids is 1. The predicted octanol–water partition coefficient (Wildman–Crippen LogP) is 2.84. The monoisotopic (exact) mass is 286 g/mol. The molecule has 0 spiro atoms. The van der Waals surface area contributed by atoms with Crippen LogP contribution in [0.1, 0.15) is 51.0 Å². The Kier molecular flexibility index (Phi) is 4.03. The first-order valence-electron chi connectivity index (χ1n) is 8.19. The molecule has 1 aliphatic heterocycles. The van der Waals surface area contributed by atoms with Gasteiger partial charge in [-0.1, -0.05) is 37.3 Å². The van der Waals surface area contributed by atoms with Crippen LogP contribution in [0.4, 0.5) is 0 Å². The van der Waals surface area contributed by atoms with Crippen LogP contribution in [0, 0.1) is 0 Å². The fraction of sp³-hybridized carbons (Fsp3) is 0.611. The second-order valence-electron chi connectivity index (χ2n) is 7.02. The van der Waals surface area contributed by atoms with E-state index in [4.69, 9.17) is 5.73 Å². The molecule has 1 saturated carbocycles. The largest absolute Gasteiger partial charge is 0.339 e. The van der Waals surface area contributed by atoms with Crippen LogP contribution < -0.4 is 5.73 Å². The summed E-state index contributed by atoms with van der Waals surface area (Å²) in [7, 11) is 0. The Balaban J connectivity index is 1.77. The molecular weight excluding hydrogens is 260 g/mol. The maximum Gasteiger partial charge on any atom is 0.222 e. The average Bonchev–Trinajstić information content (AvgIpc) is 2.52. The van der Waals surface area contributed by atoms with Gasteiger partial charge in [0.25, 0.3) is 0 Å². The topological polar surface area (TPSA) is 46.3 Å². The van der Waals surface area contributed by atoms with E-state index in [2.05, 4.69) is 42.2 Å². The number of piperidine rings is 1. The zero-order valence-electron chi connectivity index (χ0n) is 12.9. The number of hydrogen-bond acceptors (Lipinski definition) is 2. The van der Waals surface area contributed by atoms with Gasteiger partial charge in [-0.3, -0.25) is 4.79 Å². The second kappa shape index (κ2) is 5.80. The first-order chi connectivity index (χ1) is 10.1. The number of amides is 1. The van der Waals surface area contributed by atoms with Crippen LogP contribution in [-0.4, -0.2) is 29.4 Å². The van der Waals surface area contributed by atoms with Gasteiger partial charge in [0.2, 0.25) is 5.91 Å². The molecule has 3 rings (SSSR count). The lowest BCUT2D eigenvalue weighted by Crippen LogP contribution is -2.53. The highest BCUT2D eigenvalue weighted by atomic mass is 16.2. The van der Waals surface area contributed by atoms with Gasteiger partial charge in [0.1, 0.15) is 0 Å². The third kappa shape index (κ3) is 2.98. The van der Waals surface area contributed by atoms with Gasteiger partial charge in [-0.15, -0.1) is 0 Å². The number of likely N-dealkylation sites (tertiary alicyclic amines) is 1. The quantitative estimate of drug-likeness (QED) is 0.908. The maximum atomic E-state index is 12.4. The van der Waals surface area contributed by atoms with E-state index < -0.39 is 0 Å². The predicted molar refractivity (Wildman–Crippen MR) is 85.0 cm³/mol. The molecule has 1 aromatic carbocycles. The van der Waals surface area contributed by atoms with Crippen molar-refractivity contribution >= 4 is 5.91 Å². The van der Waals surface area contributed by atoms with E-state index in [0.717, 1.165) is 38.6 Å². The van der Waals surface area contributed by atoms with Crippen molar-refractivity contribution in [2.75, 3.05) is 6.54 Å². The van der Waals surface area contributed by atoms with Crippen molar-refractivity contribution in [2.45, 2.75) is 62.9 Å². The van der Waals surface area contributed by atoms with E-state index in [1.165, 1.54) is 5.56 Å². The van der Waals surface area contributed by atoms with Crippen molar-refractivity contribution in [1.29, 1.82) is 0 Å². The van der Waals surface area contributed by atoms with Gasteiger partial charge in [0.15, 0.2) is 0 Å². The summed E-state index contributed by atoms with van der Waals surface area (Å²) in [6, 6.07) is 11.4. The smallest absolute Gasteiger partial charge is 0.222 e. The molecule has 1 heterocycles. The van der Waals surface area contributed by atoms with Gasteiger partial charge in [-0.05, 0) is 37.7 Å². The van der Waals surface area contributed by atoms with Crippen LogP contribution in [-0.2, 0) is 10.2 Å². The van der Waals surface area contributed by atoms with E-state index in [1.54, 1.807) is 0 Å². The fourth-order valence-electron chi connectivity index (χ4n) is 3.89. The molecule has 0 aromatic heterocycles. The Hall–Kier alpha value is -1.35. The zero-order valence-corrected chi connectivity index (χ0v) is 12.9. The minimum atomic E-state index is 0.0920. The highest BCUT2D eigenvalue weighted by Crippen LogP contribution is 2.36. The summed E-state index contributed by atoms with van der Waals surface area (Å²) in [6.45, 7) is 3.16. The van der Waals surface area contributed by atoms with Gasteiger partial charge in [-0.2, -0.15) is 0 Å². The number of benzene rings is 1. The van der Waals surface area contributed by atoms with Crippen LogP contribution >= 0.6 is 0 Å². The van der Waals surface area contributed by atoms with Gasteiger partial charge >= 0.3 is 0 Å². The Bertz CT molecular complexity index is 493. The highest BCUT2D eigenvalue weighted by molar-refractivity contribution is 5.78. The summed E-state index contributed by atoms with van der Waals surface area (Å²) in [5.74, 6) is 0.337. The Labute approximate surface area is 127 Å². The Morgan fingerprint density at radius 1 is 1.14 bits per heavy atom. The summed E-state index contributed by atoms with van der Waals surface area (Å²) in [4.78, 5) is 14.5. The lowest BCUT2D eigenvalue weighted by molar-refractivity contribution is -0.139. The molecule has 114 valence electrons. The fourth-order valence-corrected chi connectivity index (χ4v) is 3.89. The van der Waals surface area contributed by atoms with Crippen LogP contribution in [0.3, 0.4) is 0 Å². The number of carbonyl (C=O) groups is 1. The highest BCUT2D eigenvalue weighted by Gasteiger charge is 2.39. The van der Waals surface area contributed by atoms with E-state index in [-0.39, 0.29) is 5.41 Å². The van der Waals surface area contributed by atoms with E-state index >= 15 is 0 Å². The number of rotatable bonds is 2. The third-order valence-corrected chi connectivity index (χ3v) is 5.38. The summed E-state index contributed by atoms with van der Waals surface area (Å²) in [5, 5.41) is 0. The normalized spacial score (nSPS) is 34.0. The number of nitrogens with zero attached hydrogens (tertiary/aromatic N) is 1. The van der Waals surface area contributed by atoms with Crippen molar-refractivity contribution in [3.8, 4) is 0 Å². The average molecular weight is 286 g/mol. The van der Waals surface area contributed by atoms with Gasteiger partial charge < -0.3 is 10.6 Å². The molecule has 1 unspecified atom stereocenters. The van der Waals surface area contributed by atoms with Crippen LogP contribution in [0.2, 0.25) is 0 Å². The molecule has 3 nitrogen and oxygen atoms in total. The molecular formula is C18H26N2O. The lowest BCUT2D eigenvalue weighted by atomic mass is 9.74. The first kappa shape index (κ1) is 14.6. The van der Waals surface area contributed by atoms with E-state index in [9.17, 15) is 4.79 Å². The van der Waals surface area contributed by atoms with Crippen molar-refractivity contribution in [2.24, 2.45) is 5.73 Å². The summed E-state index contributed by atoms with van der Waals surface area (Å²) >= 11 is 0. The van der Waals surface area contributed by atoms with Crippen molar-refractivity contribution < 1.29 is 4.79 Å². The van der Waals surface area contributed by atoms with Crippen LogP contribution in [0.5, 0.6) is 0 Å². The molecule has 1 saturated heterocycles. The molecule has 2 N–H and O–H groups in total. The number of hydrogen-bond donors (Lipinski definition) is 1. The molecule has 0 bridgehead atoms.